The van der Waals surface area contributed by atoms with Gasteiger partial charge in [-0.1, -0.05) is 18.2 Å². The predicted octanol–water partition coefficient (Wildman–Crippen LogP) is 2.85. The minimum Gasteiger partial charge on any atom is -0.441 e. The van der Waals surface area contributed by atoms with Gasteiger partial charge in [0.25, 0.3) is 0 Å². The molecule has 2 rings (SSSR count). The quantitative estimate of drug-likeness (QED) is 0.745. The number of hydrogen-bond donors (Lipinski definition) is 0. The summed E-state index contributed by atoms with van der Waals surface area (Å²) in [6.45, 7) is -0.413. The van der Waals surface area contributed by atoms with E-state index in [-0.39, 0.29) is 0 Å². The summed E-state index contributed by atoms with van der Waals surface area (Å²) in [5, 5.41) is 0. The maximum atomic E-state index is 12.0. The van der Waals surface area contributed by atoms with Gasteiger partial charge in [0.1, 0.15) is 5.76 Å². The van der Waals surface area contributed by atoms with E-state index < -0.39 is 6.67 Å². The van der Waals surface area contributed by atoms with Crippen molar-refractivity contribution in [3.8, 4) is 11.5 Å². The SMILES string of the molecule is FCCc1cnc(-c2ccccc2)o1. The number of aromatic nitrogens is 1. The van der Waals surface area contributed by atoms with Crippen LogP contribution in [-0.4, -0.2) is 11.7 Å². The molecule has 2 aromatic rings. The van der Waals surface area contributed by atoms with Crippen LogP contribution in [0.5, 0.6) is 0 Å². The van der Waals surface area contributed by atoms with Gasteiger partial charge in [-0.15, -0.1) is 0 Å². The van der Waals surface area contributed by atoms with E-state index in [1.165, 1.54) is 0 Å². The molecule has 0 fully saturated rings. The Hall–Kier alpha value is -1.64. The van der Waals surface area contributed by atoms with Crippen molar-refractivity contribution in [3.05, 3.63) is 42.3 Å². The molecule has 0 atom stereocenters. The summed E-state index contributed by atoms with van der Waals surface area (Å²) >= 11 is 0. The normalized spacial score (nSPS) is 10.4. The van der Waals surface area contributed by atoms with Gasteiger partial charge in [-0.05, 0) is 12.1 Å². The Kier molecular flexibility index (Phi) is 2.58. The average Bonchev–Trinajstić information content (AvgIpc) is 2.68. The molecule has 72 valence electrons. The molecule has 0 saturated heterocycles. The van der Waals surface area contributed by atoms with Crippen molar-refractivity contribution in [2.75, 3.05) is 6.67 Å². The Labute approximate surface area is 81.4 Å². The zero-order chi connectivity index (χ0) is 9.80. The molecule has 14 heavy (non-hydrogen) atoms. The first-order valence-corrected chi connectivity index (χ1v) is 4.46. The van der Waals surface area contributed by atoms with Gasteiger partial charge in [0, 0.05) is 12.0 Å². The van der Waals surface area contributed by atoms with Crippen LogP contribution in [0.15, 0.2) is 40.9 Å². The maximum Gasteiger partial charge on any atom is 0.226 e. The minimum atomic E-state index is -0.413. The van der Waals surface area contributed by atoms with Crippen LogP contribution in [0, 0.1) is 0 Å². The van der Waals surface area contributed by atoms with Crippen LogP contribution in [0.25, 0.3) is 11.5 Å². The first-order valence-electron chi connectivity index (χ1n) is 4.46. The van der Waals surface area contributed by atoms with Gasteiger partial charge in [0.15, 0.2) is 0 Å². The summed E-state index contributed by atoms with van der Waals surface area (Å²) in [7, 11) is 0. The van der Waals surface area contributed by atoms with Gasteiger partial charge in [-0.3, -0.25) is 4.39 Å². The molecule has 0 spiro atoms. The summed E-state index contributed by atoms with van der Waals surface area (Å²) in [5.74, 6) is 1.14. The molecule has 2 nitrogen and oxygen atoms in total. The van der Waals surface area contributed by atoms with Crippen molar-refractivity contribution in [2.24, 2.45) is 0 Å². The van der Waals surface area contributed by atoms with E-state index in [0.29, 0.717) is 18.1 Å². The lowest BCUT2D eigenvalue weighted by Gasteiger charge is -1.93. The highest BCUT2D eigenvalue weighted by Crippen LogP contribution is 2.18. The van der Waals surface area contributed by atoms with Gasteiger partial charge in [0.05, 0.1) is 12.9 Å². The van der Waals surface area contributed by atoms with E-state index in [4.69, 9.17) is 4.42 Å². The Morgan fingerprint density at radius 1 is 1.21 bits per heavy atom. The summed E-state index contributed by atoms with van der Waals surface area (Å²) in [4.78, 5) is 4.07. The smallest absolute Gasteiger partial charge is 0.226 e. The Morgan fingerprint density at radius 3 is 2.71 bits per heavy atom. The van der Waals surface area contributed by atoms with Gasteiger partial charge < -0.3 is 4.42 Å². The molecule has 0 aliphatic carbocycles. The zero-order valence-corrected chi connectivity index (χ0v) is 7.61. The second-order valence-corrected chi connectivity index (χ2v) is 2.94. The molecule has 0 amide bonds. The van der Waals surface area contributed by atoms with E-state index in [9.17, 15) is 4.39 Å². The standard InChI is InChI=1S/C11H10FNO/c12-7-6-10-8-13-11(14-10)9-4-2-1-3-5-9/h1-5,8H,6-7H2. The van der Waals surface area contributed by atoms with Crippen molar-refractivity contribution in [1.29, 1.82) is 0 Å². The maximum absolute atomic E-state index is 12.0. The molecule has 1 aromatic carbocycles. The highest BCUT2D eigenvalue weighted by Gasteiger charge is 2.04. The highest BCUT2D eigenvalue weighted by molar-refractivity contribution is 5.52. The third-order valence-corrected chi connectivity index (χ3v) is 1.92. The van der Waals surface area contributed by atoms with E-state index in [1.807, 2.05) is 30.3 Å². The fourth-order valence-corrected chi connectivity index (χ4v) is 1.23. The average molecular weight is 191 g/mol. The van der Waals surface area contributed by atoms with Crippen molar-refractivity contribution in [1.82, 2.24) is 4.98 Å². The van der Waals surface area contributed by atoms with E-state index in [1.54, 1.807) is 6.20 Å². The Balaban J connectivity index is 2.25. The van der Waals surface area contributed by atoms with Gasteiger partial charge in [0.2, 0.25) is 5.89 Å². The van der Waals surface area contributed by atoms with Gasteiger partial charge >= 0.3 is 0 Å². The molecular weight excluding hydrogens is 181 g/mol. The van der Waals surface area contributed by atoms with Crippen LogP contribution < -0.4 is 0 Å². The third kappa shape index (κ3) is 1.82. The number of hydrogen-bond acceptors (Lipinski definition) is 2. The lowest BCUT2D eigenvalue weighted by molar-refractivity contribution is 0.443. The molecule has 0 bridgehead atoms. The number of aryl methyl sites for hydroxylation is 1. The van der Waals surface area contributed by atoms with Crippen LogP contribution in [0.1, 0.15) is 5.76 Å². The number of nitrogens with zero attached hydrogens (tertiary/aromatic N) is 1. The summed E-state index contributed by atoms with van der Waals surface area (Å²) in [6.07, 6.45) is 1.86. The van der Waals surface area contributed by atoms with Crippen LogP contribution in [-0.2, 0) is 6.42 Å². The molecule has 0 radical (unpaired) electrons. The fourth-order valence-electron chi connectivity index (χ4n) is 1.23. The van der Waals surface area contributed by atoms with Crippen LogP contribution >= 0.6 is 0 Å². The second-order valence-electron chi connectivity index (χ2n) is 2.94. The molecular formula is C11H10FNO. The first kappa shape index (κ1) is 8.94. The number of alkyl halides is 1. The fraction of sp³-hybridized carbons (Fsp3) is 0.182. The summed E-state index contributed by atoms with van der Waals surface area (Å²) < 4.78 is 17.4. The Morgan fingerprint density at radius 2 is 2.00 bits per heavy atom. The molecule has 1 heterocycles. The topological polar surface area (TPSA) is 26.0 Å². The lowest BCUT2D eigenvalue weighted by Crippen LogP contribution is -1.80. The van der Waals surface area contributed by atoms with E-state index in [2.05, 4.69) is 4.98 Å². The van der Waals surface area contributed by atoms with Crippen LogP contribution in [0.3, 0.4) is 0 Å². The first-order chi connectivity index (χ1) is 6.90. The van der Waals surface area contributed by atoms with Gasteiger partial charge in [-0.25, -0.2) is 4.98 Å². The largest absolute Gasteiger partial charge is 0.441 e. The monoisotopic (exact) mass is 191 g/mol. The van der Waals surface area contributed by atoms with Crippen LogP contribution in [0.4, 0.5) is 4.39 Å². The van der Waals surface area contributed by atoms with Crippen molar-refractivity contribution in [3.63, 3.8) is 0 Å². The molecule has 3 heteroatoms. The number of oxazole rings is 1. The number of benzene rings is 1. The molecule has 0 aliphatic rings. The lowest BCUT2D eigenvalue weighted by atomic mass is 10.2. The zero-order valence-electron chi connectivity index (χ0n) is 7.61. The second kappa shape index (κ2) is 4.05. The van der Waals surface area contributed by atoms with Crippen molar-refractivity contribution < 1.29 is 8.81 Å². The van der Waals surface area contributed by atoms with Gasteiger partial charge in [-0.2, -0.15) is 0 Å². The molecule has 0 aliphatic heterocycles. The van der Waals surface area contributed by atoms with Crippen LogP contribution in [0.2, 0.25) is 0 Å². The van der Waals surface area contributed by atoms with Crippen molar-refractivity contribution in [2.45, 2.75) is 6.42 Å². The van der Waals surface area contributed by atoms with E-state index in [0.717, 1.165) is 5.56 Å². The third-order valence-electron chi connectivity index (χ3n) is 1.92. The minimum absolute atomic E-state index is 0.292. The summed E-state index contributed by atoms with van der Waals surface area (Å²) in [5.41, 5.74) is 0.914. The molecule has 0 saturated carbocycles. The van der Waals surface area contributed by atoms with Crippen molar-refractivity contribution >= 4 is 0 Å². The highest BCUT2D eigenvalue weighted by atomic mass is 19.1. The Bertz CT molecular complexity index is 397. The number of halogens is 1. The summed E-state index contributed by atoms with van der Waals surface area (Å²) in [6, 6.07) is 9.56. The molecule has 1 aromatic heterocycles. The predicted molar refractivity (Wildman–Crippen MR) is 51.6 cm³/mol. The molecule has 0 unspecified atom stereocenters. The van der Waals surface area contributed by atoms with E-state index >= 15 is 0 Å². The molecule has 0 N–H and O–H groups in total. The number of rotatable bonds is 3.